The quantitative estimate of drug-likeness (QED) is 0.878. The lowest BCUT2D eigenvalue weighted by atomic mass is 9.92. The second kappa shape index (κ2) is 8.63. The first kappa shape index (κ1) is 18.1. The normalized spacial score (nSPS) is 25.0. The van der Waals surface area contributed by atoms with Gasteiger partial charge in [0.2, 0.25) is 0 Å². The minimum absolute atomic E-state index is 0.0345. The SMILES string of the molecule is C[C@H]1C[C@H](C)CN(CCNC(=O)c2cccnc2N2CCOCC2)C1. The van der Waals surface area contributed by atoms with Crippen LogP contribution in [0.4, 0.5) is 5.82 Å². The number of anilines is 1. The summed E-state index contributed by atoms with van der Waals surface area (Å²) < 4.78 is 5.40. The minimum atomic E-state index is -0.0345. The molecule has 0 radical (unpaired) electrons. The maximum Gasteiger partial charge on any atom is 0.255 e. The number of nitrogens with one attached hydrogen (secondary N) is 1. The van der Waals surface area contributed by atoms with Crippen molar-refractivity contribution in [3.05, 3.63) is 23.9 Å². The second-order valence-electron chi connectivity index (χ2n) is 7.44. The first-order valence-corrected chi connectivity index (χ1v) is 9.41. The number of pyridine rings is 1. The Bertz CT molecular complexity index is 564. The molecule has 138 valence electrons. The number of carbonyl (C=O) groups is 1. The third-order valence-electron chi connectivity index (χ3n) is 5.00. The van der Waals surface area contributed by atoms with Crippen LogP contribution in [0.15, 0.2) is 18.3 Å². The van der Waals surface area contributed by atoms with Gasteiger partial charge >= 0.3 is 0 Å². The van der Waals surface area contributed by atoms with E-state index in [1.54, 1.807) is 6.20 Å². The number of hydrogen-bond acceptors (Lipinski definition) is 5. The molecule has 0 spiro atoms. The van der Waals surface area contributed by atoms with Crippen LogP contribution in [0.2, 0.25) is 0 Å². The van der Waals surface area contributed by atoms with Gasteiger partial charge in [-0.25, -0.2) is 4.98 Å². The average molecular weight is 346 g/mol. The van der Waals surface area contributed by atoms with E-state index in [-0.39, 0.29) is 5.91 Å². The summed E-state index contributed by atoms with van der Waals surface area (Å²) in [4.78, 5) is 21.7. The molecular weight excluding hydrogens is 316 g/mol. The number of piperidine rings is 1. The third-order valence-corrected chi connectivity index (χ3v) is 5.00. The summed E-state index contributed by atoms with van der Waals surface area (Å²) in [7, 11) is 0. The van der Waals surface area contributed by atoms with Crippen molar-refractivity contribution in [2.24, 2.45) is 11.8 Å². The number of nitrogens with zero attached hydrogens (tertiary/aromatic N) is 3. The highest BCUT2D eigenvalue weighted by atomic mass is 16.5. The second-order valence-corrected chi connectivity index (χ2v) is 7.44. The van der Waals surface area contributed by atoms with Crippen LogP contribution in [0.3, 0.4) is 0 Å². The van der Waals surface area contributed by atoms with Crippen LogP contribution in [-0.4, -0.2) is 68.3 Å². The number of carbonyl (C=O) groups excluding carboxylic acids is 1. The summed E-state index contributed by atoms with van der Waals surface area (Å²) in [5.41, 5.74) is 0.657. The standard InChI is InChI=1S/C19H30N4O2/c1-15-12-16(2)14-22(13-15)7-6-21-19(24)17-4-3-5-20-18(17)23-8-10-25-11-9-23/h3-5,15-16H,6-14H2,1-2H3,(H,21,24)/t15-,16-/m0/s1. The Morgan fingerprint density at radius 1 is 1.28 bits per heavy atom. The van der Waals surface area contributed by atoms with E-state index < -0.39 is 0 Å². The Morgan fingerprint density at radius 3 is 2.72 bits per heavy atom. The molecule has 3 rings (SSSR count). The van der Waals surface area contributed by atoms with Crippen molar-refractivity contribution in [1.29, 1.82) is 0 Å². The number of amides is 1. The lowest BCUT2D eigenvalue weighted by Gasteiger charge is -2.35. The summed E-state index contributed by atoms with van der Waals surface area (Å²) in [6.07, 6.45) is 3.06. The fourth-order valence-corrected chi connectivity index (χ4v) is 4.00. The zero-order chi connectivity index (χ0) is 17.6. The zero-order valence-corrected chi connectivity index (χ0v) is 15.4. The lowest BCUT2D eigenvalue weighted by molar-refractivity contribution is 0.0935. The fraction of sp³-hybridized carbons (Fsp3) is 0.684. The molecule has 2 atom stereocenters. The Balaban J connectivity index is 1.54. The van der Waals surface area contributed by atoms with Crippen molar-refractivity contribution in [3.63, 3.8) is 0 Å². The molecule has 1 amide bonds. The van der Waals surface area contributed by atoms with E-state index in [0.717, 1.165) is 50.4 Å². The molecular formula is C19H30N4O2. The first-order valence-electron chi connectivity index (χ1n) is 9.41. The Hall–Kier alpha value is -1.66. The van der Waals surface area contributed by atoms with E-state index in [2.05, 4.69) is 33.9 Å². The third kappa shape index (κ3) is 4.92. The Labute approximate surface area is 150 Å². The molecule has 2 aliphatic rings. The molecule has 6 nitrogen and oxygen atoms in total. The van der Waals surface area contributed by atoms with E-state index in [0.29, 0.717) is 25.3 Å². The van der Waals surface area contributed by atoms with E-state index in [1.165, 1.54) is 6.42 Å². The van der Waals surface area contributed by atoms with Crippen molar-refractivity contribution in [2.75, 3.05) is 57.4 Å². The van der Waals surface area contributed by atoms with Gasteiger partial charge in [0.15, 0.2) is 0 Å². The van der Waals surface area contributed by atoms with E-state index in [1.807, 2.05) is 12.1 Å². The van der Waals surface area contributed by atoms with Crippen molar-refractivity contribution < 1.29 is 9.53 Å². The number of ether oxygens (including phenoxy) is 1. The highest BCUT2D eigenvalue weighted by Crippen LogP contribution is 2.21. The van der Waals surface area contributed by atoms with Gasteiger partial charge in [-0.1, -0.05) is 13.8 Å². The Kier molecular flexibility index (Phi) is 6.26. The maximum absolute atomic E-state index is 12.7. The van der Waals surface area contributed by atoms with Gasteiger partial charge in [0.1, 0.15) is 5.82 Å². The number of likely N-dealkylation sites (tertiary alicyclic amines) is 1. The van der Waals surface area contributed by atoms with Gasteiger partial charge in [-0.3, -0.25) is 4.79 Å². The van der Waals surface area contributed by atoms with Crippen molar-refractivity contribution in [2.45, 2.75) is 20.3 Å². The molecule has 6 heteroatoms. The van der Waals surface area contributed by atoms with Gasteiger partial charge in [-0.15, -0.1) is 0 Å². The molecule has 25 heavy (non-hydrogen) atoms. The number of hydrogen-bond donors (Lipinski definition) is 1. The number of morpholine rings is 1. The van der Waals surface area contributed by atoms with Gasteiger partial charge in [-0.2, -0.15) is 0 Å². The van der Waals surface area contributed by atoms with Gasteiger partial charge in [0.05, 0.1) is 18.8 Å². The fourth-order valence-electron chi connectivity index (χ4n) is 4.00. The van der Waals surface area contributed by atoms with Gasteiger partial charge in [-0.05, 0) is 30.4 Å². The molecule has 0 aromatic carbocycles. The molecule has 2 fully saturated rings. The highest BCUT2D eigenvalue weighted by Gasteiger charge is 2.22. The zero-order valence-electron chi connectivity index (χ0n) is 15.4. The molecule has 0 bridgehead atoms. The van der Waals surface area contributed by atoms with Crippen LogP contribution >= 0.6 is 0 Å². The van der Waals surface area contributed by atoms with Gasteiger partial charge in [0, 0.05) is 45.5 Å². The monoisotopic (exact) mass is 346 g/mol. The Morgan fingerprint density at radius 2 is 2.00 bits per heavy atom. The minimum Gasteiger partial charge on any atom is -0.378 e. The van der Waals surface area contributed by atoms with Crippen LogP contribution in [0.5, 0.6) is 0 Å². The molecule has 3 heterocycles. The molecule has 0 aliphatic carbocycles. The summed E-state index contributed by atoms with van der Waals surface area (Å²) >= 11 is 0. The van der Waals surface area contributed by atoms with Crippen LogP contribution in [-0.2, 0) is 4.74 Å². The molecule has 1 aromatic rings. The molecule has 1 N–H and O–H groups in total. The highest BCUT2D eigenvalue weighted by molar-refractivity contribution is 5.98. The number of aromatic nitrogens is 1. The summed E-state index contributed by atoms with van der Waals surface area (Å²) in [5.74, 6) is 2.22. The maximum atomic E-state index is 12.7. The van der Waals surface area contributed by atoms with Crippen LogP contribution in [0.1, 0.15) is 30.6 Å². The van der Waals surface area contributed by atoms with Crippen molar-refractivity contribution in [3.8, 4) is 0 Å². The average Bonchev–Trinajstić information content (AvgIpc) is 2.61. The molecule has 2 aliphatic heterocycles. The van der Waals surface area contributed by atoms with Crippen LogP contribution in [0, 0.1) is 11.8 Å². The lowest BCUT2D eigenvalue weighted by Crippen LogP contribution is -2.43. The number of rotatable bonds is 5. The van der Waals surface area contributed by atoms with E-state index in [9.17, 15) is 4.79 Å². The van der Waals surface area contributed by atoms with Crippen LogP contribution < -0.4 is 10.2 Å². The van der Waals surface area contributed by atoms with Gasteiger partial charge < -0.3 is 19.9 Å². The van der Waals surface area contributed by atoms with Crippen molar-refractivity contribution in [1.82, 2.24) is 15.2 Å². The predicted molar refractivity (Wildman–Crippen MR) is 99.0 cm³/mol. The van der Waals surface area contributed by atoms with Crippen molar-refractivity contribution >= 4 is 11.7 Å². The van der Waals surface area contributed by atoms with E-state index >= 15 is 0 Å². The molecule has 1 aromatic heterocycles. The largest absolute Gasteiger partial charge is 0.378 e. The summed E-state index contributed by atoms with van der Waals surface area (Å²) in [6.45, 7) is 11.4. The van der Waals surface area contributed by atoms with Gasteiger partial charge in [0.25, 0.3) is 5.91 Å². The smallest absolute Gasteiger partial charge is 0.255 e. The molecule has 0 saturated carbocycles. The summed E-state index contributed by atoms with van der Waals surface area (Å²) in [5, 5.41) is 3.08. The summed E-state index contributed by atoms with van der Waals surface area (Å²) in [6, 6.07) is 3.69. The first-order chi connectivity index (χ1) is 12.1. The predicted octanol–water partition coefficient (Wildman–Crippen LogP) is 1.63. The molecule has 0 unspecified atom stereocenters. The topological polar surface area (TPSA) is 57.7 Å². The van der Waals surface area contributed by atoms with Crippen LogP contribution in [0.25, 0.3) is 0 Å². The van der Waals surface area contributed by atoms with E-state index in [4.69, 9.17) is 4.74 Å². The molecule has 2 saturated heterocycles.